The summed E-state index contributed by atoms with van der Waals surface area (Å²) in [6, 6.07) is 0. The molecule has 0 bridgehead atoms. The molecule has 2 rings (SSSR count). The lowest BCUT2D eigenvalue weighted by molar-refractivity contribution is -0.137. The Morgan fingerprint density at radius 2 is 2.00 bits per heavy atom. The fraction of sp³-hybridized carbons (Fsp3) is 0.300. The second-order valence-corrected chi connectivity index (χ2v) is 5.04. The van der Waals surface area contributed by atoms with Crippen molar-refractivity contribution in [2.75, 3.05) is 0 Å². The molecule has 9 heteroatoms. The molecule has 0 radical (unpaired) electrons. The summed E-state index contributed by atoms with van der Waals surface area (Å²) in [7, 11) is 0. The van der Waals surface area contributed by atoms with Crippen molar-refractivity contribution in [1.82, 2.24) is 15.0 Å². The smallest absolute Gasteiger partial charge is 0.388 e. The maximum atomic E-state index is 12.8. The largest absolute Gasteiger partial charge is 0.420 e. The van der Waals surface area contributed by atoms with Crippen molar-refractivity contribution in [1.29, 1.82) is 0 Å². The molecule has 1 atom stereocenters. The number of nitrogens with zero attached hydrogens (tertiary/aromatic N) is 3. The lowest BCUT2D eigenvalue weighted by Crippen LogP contribution is -2.09. The Bertz CT molecular complexity index is 600. The van der Waals surface area contributed by atoms with E-state index in [2.05, 4.69) is 15.0 Å². The molecule has 1 N–H and O–H groups in total. The SMILES string of the molecule is CC(O)c1cnc(-c2nc(Cl)ncc2C(F)(F)F)s1. The highest BCUT2D eigenvalue weighted by molar-refractivity contribution is 7.15. The van der Waals surface area contributed by atoms with Crippen LogP contribution in [0.4, 0.5) is 13.2 Å². The van der Waals surface area contributed by atoms with Crippen LogP contribution in [0.3, 0.4) is 0 Å². The molecular formula is C10H7ClF3N3OS. The zero-order valence-corrected chi connectivity index (χ0v) is 11.0. The Morgan fingerprint density at radius 1 is 1.32 bits per heavy atom. The van der Waals surface area contributed by atoms with Gasteiger partial charge in [0, 0.05) is 12.4 Å². The van der Waals surface area contributed by atoms with E-state index in [1.54, 1.807) is 0 Å². The number of hydrogen-bond donors (Lipinski definition) is 1. The number of aliphatic hydroxyl groups excluding tert-OH is 1. The van der Waals surface area contributed by atoms with E-state index in [0.29, 0.717) is 11.1 Å². The van der Waals surface area contributed by atoms with Crippen molar-refractivity contribution in [3.8, 4) is 10.7 Å². The third-order valence-electron chi connectivity index (χ3n) is 2.20. The van der Waals surface area contributed by atoms with Crippen molar-refractivity contribution < 1.29 is 18.3 Å². The number of aromatic nitrogens is 3. The zero-order chi connectivity index (χ0) is 14.2. The van der Waals surface area contributed by atoms with Crippen molar-refractivity contribution in [2.45, 2.75) is 19.2 Å². The standard InChI is InChI=1S/C10H7ClF3N3OS/c1-4(18)6-3-15-8(19-6)7-5(10(12,13)14)2-16-9(11)17-7/h2-4,18H,1H3. The van der Waals surface area contributed by atoms with E-state index in [1.807, 2.05) is 0 Å². The number of rotatable bonds is 2. The van der Waals surface area contributed by atoms with Crippen LogP contribution in [-0.4, -0.2) is 20.1 Å². The Labute approximate surface area is 114 Å². The highest BCUT2D eigenvalue weighted by atomic mass is 35.5. The van der Waals surface area contributed by atoms with Gasteiger partial charge < -0.3 is 5.11 Å². The third-order valence-corrected chi connectivity index (χ3v) is 3.56. The predicted octanol–water partition coefficient (Wildman–Crippen LogP) is 3.33. The van der Waals surface area contributed by atoms with Crippen LogP contribution < -0.4 is 0 Å². The third kappa shape index (κ3) is 3.02. The lowest BCUT2D eigenvalue weighted by Gasteiger charge is -2.09. The molecule has 0 amide bonds. The predicted molar refractivity (Wildman–Crippen MR) is 63.8 cm³/mol. The molecule has 2 aromatic heterocycles. The molecular weight excluding hydrogens is 303 g/mol. The molecule has 0 aliphatic carbocycles. The first-order valence-corrected chi connectivity index (χ1v) is 6.22. The minimum Gasteiger partial charge on any atom is -0.388 e. The van der Waals surface area contributed by atoms with Gasteiger partial charge in [0.1, 0.15) is 16.3 Å². The average molecular weight is 310 g/mol. The van der Waals surface area contributed by atoms with Gasteiger partial charge >= 0.3 is 6.18 Å². The molecule has 0 saturated heterocycles. The first kappa shape index (κ1) is 14.2. The lowest BCUT2D eigenvalue weighted by atomic mass is 10.2. The molecule has 2 heterocycles. The van der Waals surface area contributed by atoms with Gasteiger partial charge in [0.25, 0.3) is 0 Å². The van der Waals surface area contributed by atoms with Crippen LogP contribution in [0.1, 0.15) is 23.5 Å². The highest BCUT2D eigenvalue weighted by Gasteiger charge is 2.36. The van der Waals surface area contributed by atoms with Crippen molar-refractivity contribution >= 4 is 22.9 Å². The van der Waals surface area contributed by atoms with Gasteiger partial charge in [-0.2, -0.15) is 13.2 Å². The Morgan fingerprint density at radius 3 is 2.53 bits per heavy atom. The van der Waals surface area contributed by atoms with Gasteiger partial charge in [-0.1, -0.05) is 0 Å². The molecule has 0 aliphatic rings. The van der Waals surface area contributed by atoms with Crippen LogP contribution in [0.5, 0.6) is 0 Å². The molecule has 1 unspecified atom stereocenters. The summed E-state index contributed by atoms with van der Waals surface area (Å²) in [5.41, 5.74) is -1.40. The van der Waals surface area contributed by atoms with Crippen LogP contribution in [0.25, 0.3) is 10.7 Å². The van der Waals surface area contributed by atoms with E-state index in [9.17, 15) is 18.3 Å². The molecule has 0 aromatic carbocycles. The second kappa shape index (κ2) is 5.03. The summed E-state index contributed by atoms with van der Waals surface area (Å²) >= 11 is 6.45. The summed E-state index contributed by atoms with van der Waals surface area (Å²) in [5.74, 6) is 0. The summed E-state index contributed by atoms with van der Waals surface area (Å²) in [5, 5.41) is 9.10. The number of alkyl halides is 3. The van der Waals surface area contributed by atoms with E-state index in [4.69, 9.17) is 11.6 Å². The highest BCUT2D eigenvalue weighted by Crippen LogP contribution is 2.38. The van der Waals surface area contributed by atoms with Gasteiger partial charge in [-0.25, -0.2) is 15.0 Å². The molecule has 19 heavy (non-hydrogen) atoms. The molecule has 2 aromatic rings. The molecule has 102 valence electrons. The fourth-order valence-corrected chi connectivity index (χ4v) is 2.31. The van der Waals surface area contributed by atoms with E-state index in [0.717, 1.165) is 11.3 Å². The summed E-state index contributed by atoms with van der Waals surface area (Å²) in [4.78, 5) is 11.2. The Balaban J connectivity index is 2.56. The second-order valence-electron chi connectivity index (χ2n) is 3.64. The van der Waals surface area contributed by atoms with Crippen LogP contribution >= 0.6 is 22.9 Å². The molecule has 4 nitrogen and oxygen atoms in total. The van der Waals surface area contributed by atoms with Gasteiger partial charge in [0.05, 0.1) is 11.0 Å². The molecule has 0 fully saturated rings. The number of aliphatic hydroxyl groups is 1. The van der Waals surface area contributed by atoms with Gasteiger partial charge in [-0.15, -0.1) is 11.3 Å². The van der Waals surface area contributed by atoms with Crippen LogP contribution in [0, 0.1) is 0 Å². The summed E-state index contributed by atoms with van der Waals surface area (Å²) in [6.45, 7) is 1.49. The molecule has 0 aliphatic heterocycles. The topological polar surface area (TPSA) is 58.9 Å². The van der Waals surface area contributed by atoms with Gasteiger partial charge in [0.15, 0.2) is 0 Å². The number of thiazole rings is 1. The summed E-state index contributed by atoms with van der Waals surface area (Å²) < 4.78 is 38.5. The van der Waals surface area contributed by atoms with E-state index < -0.39 is 17.8 Å². The first-order chi connectivity index (χ1) is 8.79. The van der Waals surface area contributed by atoms with Gasteiger partial charge in [0.2, 0.25) is 5.28 Å². The molecule has 0 spiro atoms. The van der Waals surface area contributed by atoms with Crippen LogP contribution in [-0.2, 0) is 6.18 Å². The minimum absolute atomic E-state index is 0.0347. The minimum atomic E-state index is -4.60. The number of hydrogen-bond acceptors (Lipinski definition) is 5. The van der Waals surface area contributed by atoms with E-state index in [-0.39, 0.29) is 16.0 Å². The van der Waals surface area contributed by atoms with Crippen LogP contribution in [0.15, 0.2) is 12.4 Å². The van der Waals surface area contributed by atoms with Crippen molar-refractivity contribution in [3.63, 3.8) is 0 Å². The Hall–Kier alpha value is -1.25. The van der Waals surface area contributed by atoms with Gasteiger partial charge in [-0.3, -0.25) is 0 Å². The fourth-order valence-electron chi connectivity index (χ4n) is 1.32. The average Bonchev–Trinajstić information content (AvgIpc) is 2.76. The van der Waals surface area contributed by atoms with Crippen LogP contribution in [0.2, 0.25) is 5.28 Å². The van der Waals surface area contributed by atoms with E-state index >= 15 is 0 Å². The first-order valence-electron chi connectivity index (χ1n) is 5.03. The molecule has 0 saturated carbocycles. The maximum Gasteiger partial charge on any atom is 0.420 e. The van der Waals surface area contributed by atoms with Crippen molar-refractivity contribution in [3.05, 3.63) is 28.1 Å². The summed E-state index contributed by atoms with van der Waals surface area (Å²) in [6.07, 6.45) is -3.48. The number of halogens is 4. The monoisotopic (exact) mass is 309 g/mol. The Kier molecular flexibility index (Phi) is 3.75. The quantitative estimate of drug-likeness (QED) is 0.865. The normalized spacial score (nSPS) is 13.6. The van der Waals surface area contributed by atoms with Crippen molar-refractivity contribution in [2.24, 2.45) is 0 Å². The zero-order valence-electron chi connectivity index (χ0n) is 9.44. The van der Waals surface area contributed by atoms with E-state index in [1.165, 1.54) is 13.1 Å². The van der Waals surface area contributed by atoms with Gasteiger partial charge in [-0.05, 0) is 18.5 Å². The maximum absolute atomic E-state index is 12.8.